The Hall–Kier alpha value is -2.93. The summed E-state index contributed by atoms with van der Waals surface area (Å²) < 4.78 is 6.11. The van der Waals surface area contributed by atoms with Crippen LogP contribution in [-0.2, 0) is 6.61 Å². The van der Waals surface area contributed by atoms with Crippen LogP contribution in [0.2, 0.25) is 0 Å². The normalized spacial score (nSPS) is 12.1. The molecule has 0 aliphatic carbocycles. The fraction of sp³-hybridized carbons (Fsp3) is 0.381. The molecule has 0 saturated heterocycles. The fourth-order valence-electron chi connectivity index (χ4n) is 3.28. The van der Waals surface area contributed by atoms with Crippen molar-refractivity contribution in [3.8, 4) is 5.75 Å². The maximum Gasteiger partial charge on any atom is 0.222 e. The summed E-state index contributed by atoms with van der Waals surface area (Å²) >= 11 is 0. The number of nitrogen functional groups attached to an aromatic ring is 1. The quantitative estimate of drug-likeness (QED) is 0.521. The molecule has 7 nitrogen and oxygen atoms in total. The Kier molecular flexibility index (Phi) is 6.60. The third kappa shape index (κ3) is 4.67. The van der Waals surface area contributed by atoms with E-state index < -0.39 is 0 Å². The lowest BCUT2D eigenvalue weighted by molar-refractivity contribution is 0.275. The van der Waals surface area contributed by atoms with E-state index >= 15 is 0 Å². The number of rotatable bonds is 9. The van der Waals surface area contributed by atoms with Gasteiger partial charge >= 0.3 is 0 Å². The summed E-state index contributed by atoms with van der Waals surface area (Å²) in [5.74, 6) is 1.30. The third-order valence-electron chi connectivity index (χ3n) is 4.62. The summed E-state index contributed by atoms with van der Waals surface area (Å²) in [5, 5.41) is 14.9. The lowest BCUT2D eigenvalue weighted by Crippen LogP contribution is -2.22. The average Bonchev–Trinajstić information content (AvgIpc) is 2.67. The van der Waals surface area contributed by atoms with Crippen LogP contribution in [0.3, 0.4) is 0 Å². The summed E-state index contributed by atoms with van der Waals surface area (Å²) in [6.07, 6.45) is 4.31. The first-order chi connectivity index (χ1) is 13.6. The molecule has 0 spiro atoms. The molecule has 0 amide bonds. The Labute approximate surface area is 165 Å². The molecule has 0 aliphatic heterocycles. The van der Waals surface area contributed by atoms with Crippen LogP contribution in [0.15, 0.2) is 36.5 Å². The highest BCUT2D eigenvalue weighted by Gasteiger charge is 2.17. The minimum Gasteiger partial charge on any atom is -0.481 e. The molecule has 28 heavy (non-hydrogen) atoms. The number of aromatic nitrogens is 3. The standard InChI is InChI=1S/C21H27N5O2/c1-3-6-16(10-12-27)25-20-19(14(2)24-21(22)26-20)28-13-18-17-8-5-4-7-15(17)9-11-23-18/h4-5,7-9,11,16,27H,3,6,10,12-13H2,1-2H3,(H3,22,24,25,26)/t16-/m0/s1. The Bertz CT molecular complexity index is 921. The SMILES string of the molecule is CCC[C@@H](CCO)Nc1nc(N)nc(C)c1OCc1nccc2ccccc12. The van der Waals surface area contributed by atoms with E-state index in [1.807, 2.05) is 31.2 Å². The van der Waals surface area contributed by atoms with Gasteiger partial charge in [-0.05, 0) is 31.2 Å². The molecule has 3 rings (SSSR count). The molecule has 0 saturated carbocycles. The van der Waals surface area contributed by atoms with E-state index in [0.717, 1.165) is 29.3 Å². The van der Waals surface area contributed by atoms with Gasteiger partial charge in [0, 0.05) is 24.2 Å². The first-order valence-electron chi connectivity index (χ1n) is 9.59. The maximum absolute atomic E-state index is 9.34. The number of aryl methyl sites for hydroxylation is 1. The fourth-order valence-corrected chi connectivity index (χ4v) is 3.28. The second kappa shape index (κ2) is 9.32. The highest BCUT2D eigenvalue weighted by Crippen LogP contribution is 2.29. The minimum atomic E-state index is 0.0849. The van der Waals surface area contributed by atoms with Gasteiger partial charge in [-0.3, -0.25) is 4.98 Å². The molecule has 0 radical (unpaired) electrons. The second-order valence-electron chi connectivity index (χ2n) is 6.75. The zero-order valence-electron chi connectivity index (χ0n) is 16.4. The van der Waals surface area contributed by atoms with Gasteiger partial charge in [-0.25, -0.2) is 4.98 Å². The van der Waals surface area contributed by atoms with Crippen LogP contribution in [0.4, 0.5) is 11.8 Å². The van der Waals surface area contributed by atoms with E-state index in [1.165, 1.54) is 0 Å². The van der Waals surface area contributed by atoms with Crippen molar-refractivity contribution < 1.29 is 9.84 Å². The summed E-state index contributed by atoms with van der Waals surface area (Å²) in [6.45, 7) is 4.35. The summed E-state index contributed by atoms with van der Waals surface area (Å²) in [5.41, 5.74) is 7.36. The number of aliphatic hydroxyl groups excluding tert-OH is 1. The van der Waals surface area contributed by atoms with E-state index in [-0.39, 0.29) is 18.6 Å². The molecule has 7 heteroatoms. The van der Waals surface area contributed by atoms with Gasteiger partial charge in [0.25, 0.3) is 0 Å². The van der Waals surface area contributed by atoms with Gasteiger partial charge in [0.05, 0.1) is 11.4 Å². The van der Waals surface area contributed by atoms with Crippen molar-refractivity contribution in [1.29, 1.82) is 0 Å². The predicted molar refractivity (Wildman–Crippen MR) is 111 cm³/mol. The van der Waals surface area contributed by atoms with Crippen molar-refractivity contribution >= 4 is 22.5 Å². The highest BCUT2D eigenvalue weighted by molar-refractivity contribution is 5.84. The summed E-state index contributed by atoms with van der Waals surface area (Å²) in [7, 11) is 0. The van der Waals surface area contributed by atoms with Gasteiger partial charge in [0.15, 0.2) is 11.6 Å². The summed E-state index contributed by atoms with van der Waals surface area (Å²) in [4.78, 5) is 13.1. The van der Waals surface area contributed by atoms with Crippen molar-refractivity contribution in [3.05, 3.63) is 47.9 Å². The van der Waals surface area contributed by atoms with Crippen molar-refractivity contribution in [1.82, 2.24) is 15.0 Å². The number of ether oxygens (including phenoxy) is 1. The molecule has 2 aromatic heterocycles. The van der Waals surface area contributed by atoms with Gasteiger partial charge in [0.1, 0.15) is 6.61 Å². The van der Waals surface area contributed by atoms with E-state index in [1.54, 1.807) is 6.20 Å². The van der Waals surface area contributed by atoms with Crippen molar-refractivity contribution in [2.24, 2.45) is 0 Å². The molecule has 3 aromatic rings. The molecule has 0 bridgehead atoms. The summed E-state index contributed by atoms with van der Waals surface area (Å²) in [6, 6.07) is 10.1. The molecular weight excluding hydrogens is 354 g/mol. The number of aliphatic hydroxyl groups is 1. The van der Waals surface area contributed by atoms with Crippen LogP contribution in [-0.4, -0.2) is 32.7 Å². The van der Waals surface area contributed by atoms with Gasteiger partial charge in [-0.1, -0.05) is 37.6 Å². The van der Waals surface area contributed by atoms with E-state index in [9.17, 15) is 5.11 Å². The molecule has 148 valence electrons. The Morgan fingerprint density at radius 3 is 2.79 bits per heavy atom. The topological polar surface area (TPSA) is 106 Å². The van der Waals surface area contributed by atoms with Crippen molar-refractivity contribution in [3.63, 3.8) is 0 Å². The Morgan fingerprint density at radius 1 is 1.18 bits per heavy atom. The number of anilines is 2. The van der Waals surface area contributed by atoms with Crippen molar-refractivity contribution in [2.45, 2.75) is 45.8 Å². The zero-order chi connectivity index (χ0) is 19.9. The third-order valence-corrected chi connectivity index (χ3v) is 4.62. The lowest BCUT2D eigenvalue weighted by Gasteiger charge is -2.21. The Balaban J connectivity index is 1.86. The number of benzene rings is 1. The number of hydrogen-bond acceptors (Lipinski definition) is 7. The van der Waals surface area contributed by atoms with Crippen LogP contribution in [0.1, 0.15) is 37.6 Å². The number of pyridine rings is 1. The largest absolute Gasteiger partial charge is 0.481 e. The molecule has 1 aromatic carbocycles. The Morgan fingerprint density at radius 2 is 2.00 bits per heavy atom. The van der Waals surface area contributed by atoms with E-state index in [2.05, 4.69) is 33.3 Å². The predicted octanol–water partition coefficient (Wildman–Crippen LogP) is 3.46. The van der Waals surface area contributed by atoms with Crippen molar-refractivity contribution in [2.75, 3.05) is 17.7 Å². The number of hydrogen-bond donors (Lipinski definition) is 3. The van der Waals surface area contributed by atoms with E-state index in [4.69, 9.17) is 10.5 Å². The van der Waals surface area contributed by atoms with Crippen LogP contribution in [0, 0.1) is 6.92 Å². The molecule has 4 N–H and O–H groups in total. The first kappa shape index (κ1) is 19.8. The molecule has 1 atom stereocenters. The number of nitrogens with two attached hydrogens (primary N) is 1. The van der Waals surface area contributed by atoms with Gasteiger partial charge in [0.2, 0.25) is 5.95 Å². The van der Waals surface area contributed by atoms with Gasteiger partial charge in [-0.2, -0.15) is 4.98 Å². The van der Waals surface area contributed by atoms with Crippen LogP contribution in [0.5, 0.6) is 5.75 Å². The molecular formula is C21H27N5O2. The number of nitrogens with zero attached hydrogens (tertiary/aromatic N) is 3. The van der Waals surface area contributed by atoms with Gasteiger partial charge < -0.3 is 20.9 Å². The van der Waals surface area contributed by atoms with Crippen LogP contribution in [0.25, 0.3) is 10.8 Å². The number of fused-ring (bicyclic) bond motifs is 1. The molecule has 0 aliphatic rings. The minimum absolute atomic E-state index is 0.0849. The number of nitrogens with one attached hydrogen (secondary N) is 1. The first-order valence-corrected chi connectivity index (χ1v) is 9.59. The zero-order valence-corrected chi connectivity index (χ0v) is 16.4. The van der Waals surface area contributed by atoms with Crippen LogP contribution < -0.4 is 15.8 Å². The van der Waals surface area contributed by atoms with Gasteiger partial charge in [-0.15, -0.1) is 0 Å². The second-order valence-corrected chi connectivity index (χ2v) is 6.75. The smallest absolute Gasteiger partial charge is 0.222 e. The van der Waals surface area contributed by atoms with Crippen LogP contribution >= 0.6 is 0 Å². The molecule has 2 heterocycles. The average molecular weight is 381 g/mol. The monoisotopic (exact) mass is 381 g/mol. The molecule has 0 unspecified atom stereocenters. The maximum atomic E-state index is 9.34. The van der Waals surface area contributed by atoms with E-state index in [0.29, 0.717) is 30.3 Å². The lowest BCUT2D eigenvalue weighted by atomic mass is 10.1. The highest BCUT2D eigenvalue weighted by atomic mass is 16.5. The molecule has 0 fully saturated rings.